The molecule has 25 heavy (non-hydrogen) atoms. The van der Waals surface area contributed by atoms with E-state index in [1.54, 1.807) is 6.08 Å². The van der Waals surface area contributed by atoms with Gasteiger partial charge in [-0.2, -0.15) is 0 Å². The Labute approximate surface area is 154 Å². The van der Waals surface area contributed by atoms with Crippen molar-refractivity contribution in [2.75, 3.05) is 11.9 Å². The quantitative estimate of drug-likeness (QED) is 0.695. The zero-order chi connectivity index (χ0) is 18.4. The number of sulfonamides is 1. The fourth-order valence-corrected chi connectivity index (χ4v) is 2.91. The Hall–Kier alpha value is -2.16. The number of benzene rings is 2. The maximum absolute atomic E-state index is 12.0. The molecule has 8 heteroatoms. The Morgan fingerprint density at radius 1 is 1.24 bits per heavy atom. The molecule has 0 fully saturated rings. The van der Waals surface area contributed by atoms with Crippen molar-refractivity contribution in [2.24, 2.45) is 5.14 Å². The number of primary sulfonamides is 1. The van der Waals surface area contributed by atoms with Crippen LogP contribution >= 0.6 is 15.9 Å². The van der Waals surface area contributed by atoms with E-state index in [0.717, 1.165) is 10.0 Å². The third kappa shape index (κ3) is 5.70. The molecular weight excluding hydrogens is 408 g/mol. The lowest BCUT2D eigenvalue weighted by atomic mass is 10.2. The average molecular weight is 425 g/mol. The predicted molar refractivity (Wildman–Crippen MR) is 101 cm³/mol. The number of hydrogen-bond donors (Lipinski definition) is 2. The smallest absolute Gasteiger partial charge is 0.248 e. The first-order valence-corrected chi connectivity index (χ1v) is 9.68. The molecule has 0 aromatic heterocycles. The molecule has 0 aliphatic heterocycles. The highest BCUT2D eigenvalue weighted by Crippen LogP contribution is 2.24. The van der Waals surface area contributed by atoms with Crippen LogP contribution in [0.1, 0.15) is 12.5 Å². The molecule has 0 heterocycles. The van der Waals surface area contributed by atoms with Crippen LogP contribution in [0.2, 0.25) is 0 Å². The normalized spacial score (nSPS) is 11.5. The molecule has 2 aromatic carbocycles. The highest BCUT2D eigenvalue weighted by molar-refractivity contribution is 9.10. The summed E-state index contributed by atoms with van der Waals surface area (Å²) in [6.07, 6.45) is 3.02. The standard InChI is InChI=1S/C17H17BrN2O4S/c1-2-24-16-9-4-13(18)11-12(16)3-10-17(21)20-14-5-7-15(8-6-14)25(19,22)23/h3-11H,2H2,1H3,(H,20,21)(H2,19,22,23). The minimum absolute atomic E-state index is 0.0171. The molecule has 3 N–H and O–H groups in total. The molecule has 1 amide bonds. The van der Waals surface area contributed by atoms with Crippen LogP contribution in [0.3, 0.4) is 0 Å². The number of rotatable bonds is 6. The SMILES string of the molecule is CCOc1ccc(Br)cc1C=CC(=O)Nc1ccc(S(N)(=O)=O)cc1. The fourth-order valence-electron chi connectivity index (χ4n) is 2.01. The molecule has 0 unspecified atom stereocenters. The minimum Gasteiger partial charge on any atom is -0.493 e. The molecule has 0 radical (unpaired) electrons. The van der Waals surface area contributed by atoms with Gasteiger partial charge in [0.2, 0.25) is 15.9 Å². The summed E-state index contributed by atoms with van der Waals surface area (Å²) in [6, 6.07) is 11.1. The van der Waals surface area contributed by atoms with Crippen molar-refractivity contribution in [3.05, 3.63) is 58.6 Å². The molecule has 2 aromatic rings. The summed E-state index contributed by atoms with van der Waals surface area (Å²) in [7, 11) is -3.75. The summed E-state index contributed by atoms with van der Waals surface area (Å²) >= 11 is 3.38. The van der Waals surface area contributed by atoms with Gasteiger partial charge in [-0.3, -0.25) is 4.79 Å². The van der Waals surface area contributed by atoms with Crippen molar-refractivity contribution in [1.29, 1.82) is 0 Å². The Morgan fingerprint density at radius 3 is 2.52 bits per heavy atom. The Morgan fingerprint density at radius 2 is 1.92 bits per heavy atom. The number of carbonyl (C=O) groups is 1. The van der Waals surface area contributed by atoms with Crippen LogP contribution in [0.5, 0.6) is 5.75 Å². The zero-order valence-corrected chi connectivity index (χ0v) is 15.8. The zero-order valence-electron chi connectivity index (χ0n) is 13.4. The number of amides is 1. The molecule has 0 saturated heterocycles. The van der Waals surface area contributed by atoms with Gasteiger partial charge in [0, 0.05) is 21.8 Å². The van der Waals surface area contributed by atoms with Crippen LogP contribution < -0.4 is 15.2 Å². The van der Waals surface area contributed by atoms with Gasteiger partial charge in [0.1, 0.15) is 5.75 Å². The van der Waals surface area contributed by atoms with Gasteiger partial charge < -0.3 is 10.1 Å². The number of carbonyl (C=O) groups excluding carboxylic acids is 1. The topological polar surface area (TPSA) is 98.5 Å². The van der Waals surface area contributed by atoms with Crippen molar-refractivity contribution >= 4 is 43.6 Å². The maximum Gasteiger partial charge on any atom is 0.248 e. The highest BCUT2D eigenvalue weighted by atomic mass is 79.9. The fraction of sp³-hybridized carbons (Fsp3) is 0.118. The van der Waals surface area contributed by atoms with E-state index < -0.39 is 10.0 Å². The Bertz CT molecular complexity index is 893. The van der Waals surface area contributed by atoms with E-state index in [1.165, 1.54) is 30.3 Å². The third-order valence-electron chi connectivity index (χ3n) is 3.14. The van der Waals surface area contributed by atoms with Crippen LogP contribution in [0.4, 0.5) is 5.69 Å². The lowest BCUT2D eigenvalue weighted by Crippen LogP contribution is -2.12. The molecule has 2 rings (SSSR count). The lowest BCUT2D eigenvalue weighted by Gasteiger charge is -2.07. The van der Waals surface area contributed by atoms with Crippen LogP contribution in [-0.4, -0.2) is 20.9 Å². The number of nitrogens with one attached hydrogen (secondary N) is 1. The maximum atomic E-state index is 12.0. The van der Waals surface area contributed by atoms with Gasteiger partial charge >= 0.3 is 0 Å². The Balaban J connectivity index is 2.10. The van der Waals surface area contributed by atoms with E-state index in [0.29, 0.717) is 18.0 Å². The molecule has 0 bridgehead atoms. The van der Waals surface area contributed by atoms with Crippen molar-refractivity contribution in [3.63, 3.8) is 0 Å². The van der Waals surface area contributed by atoms with Crippen LogP contribution in [0, 0.1) is 0 Å². The van der Waals surface area contributed by atoms with Crippen LogP contribution in [0.25, 0.3) is 6.08 Å². The second kappa shape index (κ2) is 8.28. The molecule has 132 valence electrons. The monoisotopic (exact) mass is 424 g/mol. The predicted octanol–water partition coefficient (Wildman–Crippen LogP) is 3.15. The summed E-state index contributed by atoms with van der Waals surface area (Å²) in [5.41, 5.74) is 1.22. The van der Waals surface area contributed by atoms with Crippen molar-refractivity contribution in [2.45, 2.75) is 11.8 Å². The van der Waals surface area contributed by atoms with Gasteiger partial charge in [0.15, 0.2) is 0 Å². The number of hydrogen-bond acceptors (Lipinski definition) is 4. The van der Waals surface area contributed by atoms with Crippen LogP contribution in [-0.2, 0) is 14.8 Å². The van der Waals surface area contributed by atoms with Gasteiger partial charge in [0.05, 0.1) is 11.5 Å². The second-order valence-electron chi connectivity index (χ2n) is 5.01. The van der Waals surface area contributed by atoms with Crippen molar-refractivity contribution < 1.29 is 17.9 Å². The molecule has 0 aliphatic rings. The summed E-state index contributed by atoms with van der Waals surface area (Å²) in [5.74, 6) is 0.318. The average Bonchev–Trinajstić information content (AvgIpc) is 2.55. The molecule has 0 atom stereocenters. The molecule has 6 nitrogen and oxygen atoms in total. The van der Waals surface area contributed by atoms with E-state index in [1.807, 2.05) is 25.1 Å². The van der Waals surface area contributed by atoms with E-state index in [-0.39, 0.29) is 10.8 Å². The van der Waals surface area contributed by atoms with E-state index in [2.05, 4.69) is 21.2 Å². The first kappa shape index (κ1) is 19.2. The van der Waals surface area contributed by atoms with E-state index in [4.69, 9.17) is 9.88 Å². The van der Waals surface area contributed by atoms with E-state index in [9.17, 15) is 13.2 Å². The van der Waals surface area contributed by atoms with E-state index >= 15 is 0 Å². The number of ether oxygens (including phenoxy) is 1. The summed E-state index contributed by atoms with van der Waals surface area (Å²) in [5, 5.41) is 7.67. The highest BCUT2D eigenvalue weighted by Gasteiger charge is 2.07. The first-order valence-electron chi connectivity index (χ1n) is 7.34. The molecule has 0 spiro atoms. The number of anilines is 1. The van der Waals surface area contributed by atoms with Gasteiger partial charge in [-0.1, -0.05) is 15.9 Å². The van der Waals surface area contributed by atoms with Gasteiger partial charge in [-0.15, -0.1) is 0 Å². The van der Waals surface area contributed by atoms with Gasteiger partial charge in [-0.25, -0.2) is 13.6 Å². The second-order valence-corrected chi connectivity index (χ2v) is 7.48. The van der Waals surface area contributed by atoms with Crippen molar-refractivity contribution in [1.82, 2.24) is 0 Å². The third-order valence-corrected chi connectivity index (χ3v) is 4.56. The van der Waals surface area contributed by atoms with Gasteiger partial charge in [-0.05, 0) is 55.5 Å². The van der Waals surface area contributed by atoms with Crippen molar-refractivity contribution in [3.8, 4) is 5.75 Å². The summed E-state index contributed by atoms with van der Waals surface area (Å²) < 4.78 is 28.8. The number of nitrogens with two attached hydrogens (primary N) is 1. The first-order chi connectivity index (χ1) is 11.8. The molecule has 0 saturated carbocycles. The van der Waals surface area contributed by atoms with Crippen LogP contribution in [0.15, 0.2) is 57.9 Å². The number of halogens is 1. The lowest BCUT2D eigenvalue weighted by molar-refractivity contribution is -0.111. The Kier molecular flexibility index (Phi) is 6.35. The minimum atomic E-state index is -3.75. The molecule has 0 aliphatic carbocycles. The summed E-state index contributed by atoms with van der Waals surface area (Å²) in [6.45, 7) is 2.40. The summed E-state index contributed by atoms with van der Waals surface area (Å²) in [4.78, 5) is 12.0. The largest absolute Gasteiger partial charge is 0.493 e. The van der Waals surface area contributed by atoms with Gasteiger partial charge in [0.25, 0.3) is 0 Å². The molecular formula is C17H17BrN2O4S.